The molecule has 0 amide bonds. The van der Waals surface area contributed by atoms with Crippen LogP contribution in [0.1, 0.15) is 38.5 Å². The average molecular weight is 254 g/mol. The van der Waals surface area contributed by atoms with Crippen molar-refractivity contribution in [2.45, 2.75) is 56.3 Å². The lowest BCUT2D eigenvalue weighted by Crippen LogP contribution is -2.65. The van der Waals surface area contributed by atoms with Crippen molar-refractivity contribution in [3.8, 4) is 0 Å². The number of hydrogen-bond donors (Lipinski definition) is 2. The summed E-state index contributed by atoms with van der Waals surface area (Å²) in [5, 5.41) is 3.40. The zero-order valence-corrected chi connectivity index (χ0v) is 11.2. The van der Waals surface area contributed by atoms with Crippen LogP contribution in [0.3, 0.4) is 0 Å². The maximum atomic E-state index is 6.48. The number of ether oxygens (including phenoxy) is 2. The number of nitrogens with one attached hydrogen (secondary N) is 1. The fourth-order valence-electron chi connectivity index (χ4n) is 3.83. The van der Waals surface area contributed by atoms with Crippen LogP contribution in [0.4, 0.5) is 0 Å². The zero-order valence-electron chi connectivity index (χ0n) is 11.2. The molecule has 104 valence electrons. The molecule has 3 aliphatic rings. The second-order valence-electron chi connectivity index (χ2n) is 6.13. The van der Waals surface area contributed by atoms with Crippen LogP contribution in [0.15, 0.2) is 0 Å². The van der Waals surface area contributed by atoms with Crippen LogP contribution in [0, 0.1) is 5.92 Å². The van der Waals surface area contributed by atoms with E-state index in [1.165, 1.54) is 32.1 Å². The van der Waals surface area contributed by atoms with Gasteiger partial charge in [0.15, 0.2) is 0 Å². The van der Waals surface area contributed by atoms with Crippen molar-refractivity contribution in [3.05, 3.63) is 0 Å². The molecule has 0 aromatic carbocycles. The first kappa shape index (κ1) is 12.9. The van der Waals surface area contributed by atoms with Gasteiger partial charge >= 0.3 is 0 Å². The van der Waals surface area contributed by atoms with E-state index >= 15 is 0 Å². The first-order valence-electron chi connectivity index (χ1n) is 7.53. The van der Waals surface area contributed by atoms with Gasteiger partial charge in [-0.05, 0) is 31.7 Å². The maximum absolute atomic E-state index is 6.48. The summed E-state index contributed by atoms with van der Waals surface area (Å²) in [6.45, 7) is 3.45. The minimum absolute atomic E-state index is 0.0832. The first-order chi connectivity index (χ1) is 8.81. The fraction of sp³-hybridized carbons (Fsp3) is 1.00. The molecule has 0 aromatic rings. The summed E-state index contributed by atoms with van der Waals surface area (Å²) in [4.78, 5) is 0. The standard InChI is InChI=1S/C14H26N2O2/c15-13-8-16-7-6-14(13,18-12-9-17-10-12)11-4-2-1-3-5-11/h11-13,16H,1-10,15H2. The molecule has 4 heteroatoms. The van der Waals surface area contributed by atoms with Gasteiger partial charge in [0.1, 0.15) is 6.10 Å². The summed E-state index contributed by atoms with van der Waals surface area (Å²) in [7, 11) is 0. The predicted octanol–water partition coefficient (Wildman–Crippen LogP) is 1.04. The van der Waals surface area contributed by atoms with Crippen LogP contribution in [0.5, 0.6) is 0 Å². The SMILES string of the molecule is NC1CNCCC1(OC1COC1)C1CCCCC1. The van der Waals surface area contributed by atoms with Crippen molar-refractivity contribution < 1.29 is 9.47 Å². The largest absolute Gasteiger partial charge is 0.376 e. The van der Waals surface area contributed by atoms with Crippen LogP contribution in [0.25, 0.3) is 0 Å². The van der Waals surface area contributed by atoms with Crippen molar-refractivity contribution in [2.24, 2.45) is 11.7 Å². The van der Waals surface area contributed by atoms with Gasteiger partial charge in [0.2, 0.25) is 0 Å². The number of piperidine rings is 1. The Labute approximate surface area is 110 Å². The van der Waals surface area contributed by atoms with E-state index in [1.54, 1.807) is 0 Å². The number of hydrogen-bond acceptors (Lipinski definition) is 4. The molecule has 2 atom stereocenters. The molecule has 4 nitrogen and oxygen atoms in total. The summed E-state index contributed by atoms with van der Waals surface area (Å²) in [5.41, 5.74) is 6.36. The second kappa shape index (κ2) is 5.45. The van der Waals surface area contributed by atoms with E-state index < -0.39 is 0 Å². The lowest BCUT2D eigenvalue weighted by atomic mass is 9.70. The molecule has 0 spiro atoms. The van der Waals surface area contributed by atoms with Gasteiger partial charge in [0.05, 0.1) is 18.8 Å². The molecule has 0 bridgehead atoms. The first-order valence-corrected chi connectivity index (χ1v) is 7.53. The lowest BCUT2D eigenvalue weighted by molar-refractivity contribution is -0.226. The molecular formula is C14H26N2O2. The Morgan fingerprint density at radius 1 is 1.17 bits per heavy atom. The summed E-state index contributed by atoms with van der Waals surface area (Å²) in [6.07, 6.45) is 8.01. The molecule has 1 saturated carbocycles. The maximum Gasteiger partial charge on any atom is 0.105 e. The third-order valence-electron chi connectivity index (χ3n) is 4.97. The number of nitrogens with two attached hydrogens (primary N) is 1. The minimum atomic E-state index is -0.0832. The fourth-order valence-corrected chi connectivity index (χ4v) is 3.83. The molecule has 3 N–H and O–H groups in total. The van der Waals surface area contributed by atoms with Crippen LogP contribution >= 0.6 is 0 Å². The van der Waals surface area contributed by atoms with E-state index in [4.69, 9.17) is 15.2 Å². The van der Waals surface area contributed by atoms with Gasteiger partial charge in [-0.1, -0.05) is 19.3 Å². The Kier molecular flexibility index (Phi) is 3.89. The van der Waals surface area contributed by atoms with Gasteiger partial charge < -0.3 is 20.5 Å². The summed E-state index contributed by atoms with van der Waals surface area (Å²) < 4.78 is 11.7. The molecule has 2 aliphatic heterocycles. The highest BCUT2D eigenvalue weighted by Crippen LogP contribution is 2.41. The lowest BCUT2D eigenvalue weighted by Gasteiger charge is -2.51. The van der Waals surface area contributed by atoms with E-state index in [1.807, 2.05) is 0 Å². The third kappa shape index (κ3) is 2.31. The Balaban J connectivity index is 1.75. The topological polar surface area (TPSA) is 56.5 Å². The summed E-state index contributed by atoms with van der Waals surface area (Å²) >= 11 is 0. The Hall–Kier alpha value is -0.160. The van der Waals surface area contributed by atoms with Crippen LogP contribution < -0.4 is 11.1 Å². The molecule has 1 aliphatic carbocycles. The minimum Gasteiger partial charge on any atom is -0.376 e. The highest BCUT2D eigenvalue weighted by Gasteiger charge is 2.48. The zero-order chi connectivity index (χ0) is 12.4. The Bertz CT molecular complexity index is 277. The monoisotopic (exact) mass is 254 g/mol. The Morgan fingerprint density at radius 2 is 1.94 bits per heavy atom. The van der Waals surface area contributed by atoms with E-state index in [-0.39, 0.29) is 17.7 Å². The van der Waals surface area contributed by atoms with Gasteiger partial charge in [0.25, 0.3) is 0 Å². The Morgan fingerprint density at radius 3 is 2.56 bits per heavy atom. The summed E-state index contributed by atoms with van der Waals surface area (Å²) in [6, 6.07) is 0.134. The van der Waals surface area contributed by atoms with Gasteiger partial charge in [-0.2, -0.15) is 0 Å². The normalized spacial score (nSPS) is 39.5. The highest BCUT2D eigenvalue weighted by atomic mass is 16.6. The van der Waals surface area contributed by atoms with Crippen molar-refractivity contribution in [1.82, 2.24) is 5.32 Å². The molecule has 0 radical (unpaired) electrons. The molecule has 2 saturated heterocycles. The van der Waals surface area contributed by atoms with Crippen molar-refractivity contribution >= 4 is 0 Å². The van der Waals surface area contributed by atoms with Crippen molar-refractivity contribution in [2.75, 3.05) is 26.3 Å². The smallest absolute Gasteiger partial charge is 0.105 e. The second-order valence-corrected chi connectivity index (χ2v) is 6.13. The summed E-state index contributed by atoms with van der Waals surface area (Å²) in [5.74, 6) is 0.656. The van der Waals surface area contributed by atoms with Gasteiger partial charge in [0, 0.05) is 12.6 Å². The van der Waals surface area contributed by atoms with E-state index in [0.717, 1.165) is 32.7 Å². The van der Waals surface area contributed by atoms with Gasteiger partial charge in [-0.3, -0.25) is 0 Å². The quantitative estimate of drug-likeness (QED) is 0.790. The van der Waals surface area contributed by atoms with E-state index in [0.29, 0.717) is 5.92 Å². The van der Waals surface area contributed by atoms with Crippen molar-refractivity contribution in [3.63, 3.8) is 0 Å². The van der Waals surface area contributed by atoms with Gasteiger partial charge in [-0.15, -0.1) is 0 Å². The third-order valence-corrected chi connectivity index (χ3v) is 4.97. The van der Waals surface area contributed by atoms with Crippen LogP contribution in [-0.2, 0) is 9.47 Å². The molecule has 18 heavy (non-hydrogen) atoms. The average Bonchev–Trinajstić information content (AvgIpc) is 2.37. The number of rotatable bonds is 3. The molecule has 0 aromatic heterocycles. The highest BCUT2D eigenvalue weighted by molar-refractivity contribution is 5.02. The van der Waals surface area contributed by atoms with E-state index in [2.05, 4.69) is 5.32 Å². The molecule has 2 unspecified atom stereocenters. The predicted molar refractivity (Wildman–Crippen MR) is 70.5 cm³/mol. The molecule has 2 heterocycles. The van der Waals surface area contributed by atoms with Gasteiger partial charge in [-0.25, -0.2) is 0 Å². The van der Waals surface area contributed by atoms with E-state index in [9.17, 15) is 0 Å². The van der Waals surface area contributed by atoms with Crippen molar-refractivity contribution in [1.29, 1.82) is 0 Å². The molecule has 3 rings (SSSR count). The van der Waals surface area contributed by atoms with Crippen LogP contribution in [0.2, 0.25) is 0 Å². The molecular weight excluding hydrogens is 228 g/mol. The molecule has 3 fully saturated rings. The van der Waals surface area contributed by atoms with Crippen LogP contribution in [-0.4, -0.2) is 44.1 Å².